The first kappa shape index (κ1) is 9.49. The molecule has 2 saturated carbocycles. The predicted octanol–water partition coefficient (Wildman–Crippen LogP) is 1.21. The van der Waals surface area contributed by atoms with Gasteiger partial charge in [-0.25, -0.2) is 0 Å². The van der Waals surface area contributed by atoms with Crippen molar-refractivity contribution >= 4 is 11.9 Å². The summed E-state index contributed by atoms with van der Waals surface area (Å²) < 4.78 is 0. The number of fused-ring (bicyclic) bond motifs is 1. The van der Waals surface area contributed by atoms with Crippen LogP contribution in [0.3, 0.4) is 0 Å². The van der Waals surface area contributed by atoms with E-state index >= 15 is 0 Å². The Bertz CT molecular complexity index is 245. The van der Waals surface area contributed by atoms with Crippen LogP contribution in [0.2, 0.25) is 0 Å². The quantitative estimate of drug-likeness (QED) is 0.699. The van der Waals surface area contributed by atoms with Crippen molar-refractivity contribution in [2.45, 2.75) is 25.7 Å². The summed E-state index contributed by atoms with van der Waals surface area (Å²) >= 11 is 0. The number of hydrogen-bond acceptors (Lipinski definition) is 2. The molecule has 2 aliphatic rings. The lowest BCUT2D eigenvalue weighted by Crippen LogP contribution is -2.55. The van der Waals surface area contributed by atoms with Crippen LogP contribution in [0.15, 0.2) is 0 Å². The van der Waals surface area contributed by atoms with Gasteiger partial charge in [0.1, 0.15) is 0 Å². The second kappa shape index (κ2) is 3.26. The van der Waals surface area contributed by atoms with Crippen molar-refractivity contribution in [3.63, 3.8) is 0 Å². The molecular weight excluding hydrogens is 184 g/mol. The van der Waals surface area contributed by atoms with Gasteiger partial charge in [0, 0.05) is 0 Å². The van der Waals surface area contributed by atoms with Crippen LogP contribution in [0.5, 0.6) is 0 Å². The molecule has 0 heterocycles. The van der Waals surface area contributed by atoms with E-state index in [0.717, 1.165) is 25.7 Å². The van der Waals surface area contributed by atoms with Gasteiger partial charge in [-0.1, -0.05) is 12.8 Å². The van der Waals surface area contributed by atoms with Crippen LogP contribution in [0.1, 0.15) is 25.7 Å². The van der Waals surface area contributed by atoms with Crippen molar-refractivity contribution in [1.29, 1.82) is 0 Å². The second-order valence-corrected chi connectivity index (χ2v) is 4.34. The summed E-state index contributed by atoms with van der Waals surface area (Å²) in [6, 6.07) is 0. The van der Waals surface area contributed by atoms with Crippen molar-refractivity contribution in [3.8, 4) is 0 Å². The second-order valence-electron chi connectivity index (χ2n) is 4.34. The van der Waals surface area contributed by atoms with Crippen molar-refractivity contribution in [3.05, 3.63) is 0 Å². The van der Waals surface area contributed by atoms with E-state index < -0.39 is 23.8 Å². The lowest BCUT2D eigenvalue weighted by molar-refractivity contribution is -0.178. The Morgan fingerprint density at radius 1 is 0.857 bits per heavy atom. The van der Waals surface area contributed by atoms with E-state index in [0.29, 0.717) is 0 Å². The summed E-state index contributed by atoms with van der Waals surface area (Å²) in [6.45, 7) is 0. The number of carbonyl (C=O) groups is 2. The zero-order valence-electron chi connectivity index (χ0n) is 7.85. The van der Waals surface area contributed by atoms with E-state index in [1.807, 2.05) is 0 Å². The summed E-state index contributed by atoms with van der Waals surface area (Å²) in [5.74, 6) is -2.86. The minimum Gasteiger partial charge on any atom is -0.481 e. The summed E-state index contributed by atoms with van der Waals surface area (Å²) in [7, 11) is 0. The molecule has 4 heteroatoms. The molecule has 0 spiro atoms. The fraction of sp³-hybridized carbons (Fsp3) is 0.800. The highest BCUT2D eigenvalue weighted by molar-refractivity contribution is 5.82. The van der Waals surface area contributed by atoms with Gasteiger partial charge in [-0.05, 0) is 24.7 Å². The maximum atomic E-state index is 10.9. The Hall–Kier alpha value is -1.06. The van der Waals surface area contributed by atoms with Crippen LogP contribution < -0.4 is 0 Å². The number of carboxylic acids is 2. The zero-order valence-corrected chi connectivity index (χ0v) is 7.85. The van der Waals surface area contributed by atoms with Gasteiger partial charge >= 0.3 is 11.9 Å². The Labute approximate surface area is 81.9 Å². The first-order chi connectivity index (χ1) is 6.63. The Balaban J connectivity index is 2.15. The monoisotopic (exact) mass is 198 g/mol. The molecule has 0 amide bonds. The molecule has 0 bridgehead atoms. The Morgan fingerprint density at radius 2 is 1.21 bits per heavy atom. The fourth-order valence-electron chi connectivity index (χ4n) is 3.14. The first-order valence-corrected chi connectivity index (χ1v) is 5.08. The Kier molecular flexibility index (Phi) is 2.21. The molecule has 2 N–H and O–H groups in total. The maximum absolute atomic E-state index is 10.9. The third kappa shape index (κ3) is 1.21. The first-order valence-electron chi connectivity index (χ1n) is 5.08. The number of rotatable bonds is 2. The van der Waals surface area contributed by atoms with E-state index in [1.165, 1.54) is 0 Å². The van der Waals surface area contributed by atoms with Gasteiger partial charge in [-0.2, -0.15) is 0 Å². The third-order valence-electron chi connectivity index (χ3n) is 3.75. The largest absolute Gasteiger partial charge is 0.481 e. The minimum absolute atomic E-state index is 0.127. The van der Waals surface area contributed by atoms with Crippen LogP contribution in [-0.2, 0) is 9.59 Å². The average molecular weight is 198 g/mol. The summed E-state index contributed by atoms with van der Waals surface area (Å²) in [5.41, 5.74) is 0. The number of carboxylic acid groups (broad SMARTS) is 2. The normalized spacial score (nSPS) is 40.9. The van der Waals surface area contributed by atoms with E-state index in [-0.39, 0.29) is 11.8 Å². The van der Waals surface area contributed by atoms with Gasteiger partial charge in [0.25, 0.3) is 0 Å². The fourth-order valence-corrected chi connectivity index (χ4v) is 3.14. The summed E-state index contributed by atoms with van der Waals surface area (Å²) in [4.78, 5) is 21.8. The van der Waals surface area contributed by atoms with E-state index in [1.54, 1.807) is 0 Å². The molecule has 0 aliphatic heterocycles. The lowest BCUT2D eigenvalue weighted by Gasteiger charge is -2.50. The SMILES string of the molecule is O=C(O)[C@@H]1[C@H]2CCCC[C@H]2[C@@H]1C(=O)O. The molecule has 0 radical (unpaired) electrons. The van der Waals surface area contributed by atoms with Crippen molar-refractivity contribution in [2.75, 3.05) is 0 Å². The highest BCUT2D eigenvalue weighted by Gasteiger charge is 2.57. The molecule has 2 aliphatic carbocycles. The van der Waals surface area contributed by atoms with E-state index in [9.17, 15) is 9.59 Å². The predicted molar refractivity (Wildman–Crippen MR) is 47.7 cm³/mol. The van der Waals surface area contributed by atoms with Gasteiger partial charge in [0.05, 0.1) is 11.8 Å². The number of hydrogen-bond donors (Lipinski definition) is 2. The Morgan fingerprint density at radius 3 is 1.50 bits per heavy atom. The van der Waals surface area contributed by atoms with Crippen molar-refractivity contribution in [2.24, 2.45) is 23.7 Å². The molecule has 4 atom stereocenters. The molecular formula is C10H14O4. The molecule has 0 aromatic carbocycles. The maximum Gasteiger partial charge on any atom is 0.307 e. The van der Waals surface area contributed by atoms with Crippen molar-refractivity contribution < 1.29 is 19.8 Å². The molecule has 0 unspecified atom stereocenters. The van der Waals surface area contributed by atoms with Crippen LogP contribution in [0.4, 0.5) is 0 Å². The molecule has 2 rings (SSSR count). The molecule has 0 aromatic rings. The molecule has 4 nitrogen and oxygen atoms in total. The van der Waals surface area contributed by atoms with Crippen LogP contribution in [0.25, 0.3) is 0 Å². The standard InChI is InChI=1S/C10H14O4/c11-9(12)7-5-3-1-2-4-6(5)8(7)10(13)14/h5-8H,1-4H2,(H,11,12)(H,13,14)/t5-,6+,7+,8-. The van der Waals surface area contributed by atoms with Crippen LogP contribution >= 0.6 is 0 Å². The zero-order chi connectivity index (χ0) is 10.3. The highest BCUT2D eigenvalue weighted by atomic mass is 16.4. The van der Waals surface area contributed by atoms with Crippen LogP contribution in [0, 0.1) is 23.7 Å². The highest BCUT2D eigenvalue weighted by Crippen LogP contribution is 2.53. The van der Waals surface area contributed by atoms with E-state index in [2.05, 4.69) is 0 Å². The molecule has 0 aromatic heterocycles. The van der Waals surface area contributed by atoms with E-state index in [4.69, 9.17) is 10.2 Å². The van der Waals surface area contributed by atoms with Gasteiger partial charge < -0.3 is 10.2 Å². The molecule has 2 fully saturated rings. The average Bonchev–Trinajstić information content (AvgIpc) is 2.05. The summed E-state index contributed by atoms with van der Waals surface area (Å²) in [5, 5.41) is 17.9. The minimum atomic E-state index is -0.930. The number of aliphatic carboxylic acids is 2. The van der Waals surface area contributed by atoms with Gasteiger partial charge in [-0.3, -0.25) is 9.59 Å². The molecule has 14 heavy (non-hydrogen) atoms. The van der Waals surface area contributed by atoms with Gasteiger partial charge in [0.15, 0.2) is 0 Å². The van der Waals surface area contributed by atoms with Gasteiger partial charge in [-0.15, -0.1) is 0 Å². The van der Waals surface area contributed by atoms with Gasteiger partial charge in [0.2, 0.25) is 0 Å². The lowest BCUT2D eigenvalue weighted by atomic mass is 9.52. The third-order valence-corrected chi connectivity index (χ3v) is 3.75. The topological polar surface area (TPSA) is 74.6 Å². The smallest absolute Gasteiger partial charge is 0.307 e. The molecule has 78 valence electrons. The van der Waals surface area contributed by atoms with Crippen molar-refractivity contribution in [1.82, 2.24) is 0 Å². The van der Waals surface area contributed by atoms with Crippen LogP contribution in [-0.4, -0.2) is 22.2 Å². The summed E-state index contributed by atoms with van der Waals surface area (Å²) in [6.07, 6.45) is 3.89. The molecule has 0 saturated heterocycles.